The Kier molecular flexibility index (Phi) is 2.80. The van der Waals surface area contributed by atoms with Gasteiger partial charge in [-0.1, -0.05) is 19.9 Å². The van der Waals surface area contributed by atoms with E-state index in [0.29, 0.717) is 23.3 Å². The first-order valence-electron chi connectivity index (χ1n) is 7.53. The Bertz CT molecular complexity index is 396. The lowest BCUT2D eigenvalue weighted by atomic mass is 9.48. The minimum Gasteiger partial charge on any atom is -0.336 e. The van der Waals surface area contributed by atoms with Gasteiger partial charge >= 0.3 is 0 Å². The first-order chi connectivity index (χ1) is 8.51. The van der Waals surface area contributed by atoms with Crippen molar-refractivity contribution < 1.29 is 4.79 Å². The molecule has 4 rings (SSSR count). The minimum absolute atomic E-state index is 0.346. The van der Waals surface area contributed by atoms with Gasteiger partial charge in [-0.05, 0) is 56.3 Å². The molecule has 3 atom stereocenters. The Labute approximate surface area is 110 Å². The van der Waals surface area contributed by atoms with Crippen LogP contribution >= 0.6 is 0 Å². The Morgan fingerprint density at radius 2 is 2.17 bits per heavy atom. The fourth-order valence-electron chi connectivity index (χ4n) is 4.16. The van der Waals surface area contributed by atoms with Crippen LogP contribution in [0.4, 0.5) is 0 Å². The highest BCUT2D eigenvalue weighted by Gasteiger charge is 2.53. The van der Waals surface area contributed by atoms with Crippen LogP contribution in [0.5, 0.6) is 0 Å². The molecule has 2 fully saturated rings. The molecule has 18 heavy (non-hydrogen) atoms. The highest BCUT2D eigenvalue weighted by molar-refractivity contribution is 5.95. The van der Waals surface area contributed by atoms with E-state index in [-0.39, 0.29) is 0 Å². The molecule has 0 spiro atoms. The van der Waals surface area contributed by atoms with Crippen molar-refractivity contribution in [2.75, 3.05) is 6.54 Å². The summed E-state index contributed by atoms with van der Waals surface area (Å²) in [6.07, 6.45) is 8.24. The summed E-state index contributed by atoms with van der Waals surface area (Å²) < 4.78 is 0. The molecule has 1 unspecified atom stereocenters. The van der Waals surface area contributed by atoms with E-state index < -0.39 is 0 Å². The molecule has 2 bridgehead atoms. The zero-order valence-corrected chi connectivity index (χ0v) is 11.9. The van der Waals surface area contributed by atoms with Crippen molar-refractivity contribution in [1.82, 2.24) is 4.90 Å². The standard InChI is InChI=1S/C16H25NO/c1-11-6-4-5-9-17(11)15(18)13-8-7-12-10-14(13)16(12,2)3/h8,11-12,14H,4-7,9-10H2,1-3H3/t11?,12-,14-/m0/s1. The molecule has 0 N–H and O–H groups in total. The van der Waals surface area contributed by atoms with Crippen LogP contribution in [-0.4, -0.2) is 23.4 Å². The average Bonchev–Trinajstić information content (AvgIpc) is 2.38. The summed E-state index contributed by atoms with van der Waals surface area (Å²) in [5.41, 5.74) is 1.50. The molecule has 1 saturated carbocycles. The monoisotopic (exact) mass is 247 g/mol. The molecular weight excluding hydrogens is 222 g/mol. The Morgan fingerprint density at radius 1 is 1.39 bits per heavy atom. The van der Waals surface area contributed by atoms with Gasteiger partial charge in [0.1, 0.15) is 0 Å². The third-order valence-corrected chi connectivity index (χ3v) is 5.78. The predicted octanol–water partition coefficient (Wildman–Crippen LogP) is 3.38. The van der Waals surface area contributed by atoms with E-state index in [0.717, 1.165) is 24.5 Å². The van der Waals surface area contributed by atoms with Crippen molar-refractivity contribution in [1.29, 1.82) is 0 Å². The van der Waals surface area contributed by atoms with Crippen molar-refractivity contribution in [3.8, 4) is 0 Å². The number of carbonyl (C=O) groups excluding carboxylic acids is 1. The van der Waals surface area contributed by atoms with Gasteiger partial charge in [0, 0.05) is 18.2 Å². The largest absolute Gasteiger partial charge is 0.336 e. The fourth-order valence-corrected chi connectivity index (χ4v) is 4.16. The van der Waals surface area contributed by atoms with Crippen LogP contribution in [0.25, 0.3) is 0 Å². The zero-order valence-electron chi connectivity index (χ0n) is 11.9. The van der Waals surface area contributed by atoms with Crippen molar-refractivity contribution in [2.24, 2.45) is 17.3 Å². The van der Waals surface area contributed by atoms with Gasteiger partial charge in [-0.3, -0.25) is 4.79 Å². The van der Waals surface area contributed by atoms with Gasteiger partial charge in [-0.25, -0.2) is 0 Å². The van der Waals surface area contributed by atoms with Crippen LogP contribution in [0.15, 0.2) is 11.6 Å². The topological polar surface area (TPSA) is 20.3 Å². The van der Waals surface area contributed by atoms with E-state index in [4.69, 9.17) is 0 Å². The summed E-state index contributed by atoms with van der Waals surface area (Å²) in [6.45, 7) is 7.85. The van der Waals surface area contributed by atoms with E-state index >= 15 is 0 Å². The summed E-state index contributed by atoms with van der Waals surface area (Å²) in [4.78, 5) is 14.9. The van der Waals surface area contributed by atoms with Crippen LogP contribution in [0, 0.1) is 17.3 Å². The highest BCUT2D eigenvalue weighted by atomic mass is 16.2. The second kappa shape index (κ2) is 4.11. The third-order valence-electron chi connectivity index (χ3n) is 5.78. The Morgan fingerprint density at radius 3 is 2.78 bits per heavy atom. The van der Waals surface area contributed by atoms with Gasteiger partial charge in [0.25, 0.3) is 0 Å². The molecule has 1 amide bonds. The van der Waals surface area contributed by atoms with Crippen molar-refractivity contribution >= 4 is 5.91 Å². The summed E-state index contributed by atoms with van der Waals surface area (Å²) in [5.74, 6) is 1.69. The molecule has 2 heteroatoms. The van der Waals surface area contributed by atoms with E-state index in [2.05, 4.69) is 31.7 Å². The molecule has 0 aromatic carbocycles. The summed E-state index contributed by atoms with van der Waals surface area (Å²) in [6, 6.07) is 0.438. The average molecular weight is 247 g/mol. The maximum atomic E-state index is 12.7. The maximum absolute atomic E-state index is 12.7. The molecule has 4 aliphatic rings. The Balaban J connectivity index is 1.79. The van der Waals surface area contributed by atoms with E-state index in [1.807, 2.05) is 0 Å². The zero-order chi connectivity index (χ0) is 12.9. The number of carbonyl (C=O) groups is 1. The van der Waals surface area contributed by atoms with Crippen molar-refractivity contribution in [2.45, 2.75) is 58.9 Å². The molecule has 2 nitrogen and oxygen atoms in total. The number of hydrogen-bond acceptors (Lipinski definition) is 1. The first kappa shape index (κ1) is 12.3. The first-order valence-corrected chi connectivity index (χ1v) is 7.53. The number of hydrogen-bond donors (Lipinski definition) is 0. The van der Waals surface area contributed by atoms with Crippen LogP contribution in [0.3, 0.4) is 0 Å². The minimum atomic E-state index is 0.346. The maximum Gasteiger partial charge on any atom is 0.249 e. The third kappa shape index (κ3) is 1.64. The van der Waals surface area contributed by atoms with Gasteiger partial charge in [0.05, 0.1) is 0 Å². The lowest BCUT2D eigenvalue weighted by molar-refractivity contribution is -0.134. The summed E-state index contributed by atoms with van der Waals surface area (Å²) in [7, 11) is 0. The smallest absolute Gasteiger partial charge is 0.249 e. The second-order valence-electron chi connectivity index (χ2n) is 7.05. The van der Waals surface area contributed by atoms with Crippen molar-refractivity contribution in [3.05, 3.63) is 11.6 Å². The number of likely N-dealkylation sites (tertiary alicyclic amines) is 1. The quantitative estimate of drug-likeness (QED) is 0.695. The number of piperidine rings is 1. The van der Waals surface area contributed by atoms with E-state index in [1.54, 1.807) is 0 Å². The number of nitrogens with zero attached hydrogens (tertiary/aromatic N) is 1. The molecule has 3 aliphatic carbocycles. The van der Waals surface area contributed by atoms with Crippen molar-refractivity contribution in [3.63, 3.8) is 0 Å². The highest BCUT2D eigenvalue weighted by Crippen LogP contribution is 2.59. The van der Waals surface area contributed by atoms with Crippen LogP contribution in [-0.2, 0) is 4.79 Å². The SMILES string of the molecule is CC1CCCCN1C(=O)C1=CC[C@H]2C[C@@H]1C2(C)C. The molecule has 0 aromatic rings. The lowest BCUT2D eigenvalue weighted by Crippen LogP contribution is -2.52. The molecule has 0 aromatic heterocycles. The van der Waals surface area contributed by atoms with E-state index in [1.165, 1.54) is 25.7 Å². The Hall–Kier alpha value is -0.790. The van der Waals surface area contributed by atoms with Gasteiger partial charge in [-0.15, -0.1) is 0 Å². The predicted molar refractivity (Wildman–Crippen MR) is 73.1 cm³/mol. The normalized spacial score (nSPS) is 37.8. The molecular formula is C16H25NO. The van der Waals surface area contributed by atoms with Gasteiger partial charge in [0.2, 0.25) is 5.91 Å². The summed E-state index contributed by atoms with van der Waals surface area (Å²) >= 11 is 0. The van der Waals surface area contributed by atoms with Gasteiger partial charge in [-0.2, -0.15) is 0 Å². The molecule has 100 valence electrons. The number of fused-ring (bicyclic) bond motifs is 1. The molecule has 1 aliphatic heterocycles. The van der Waals surface area contributed by atoms with Crippen LogP contribution in [0.2, 0.25) is 0 Å². The van der Waals surface area contributed by atoms with Gasteiger partial charge in [0.15, 0.2) is 0 Å². The molecule has 1 heterocycles. The second-order valence-corrected chi connectivity index (χ2v) is 7.05. The number of amides is 1. The fraction of sp³-hybridized carbons (Fsp3) is 0.812. The van der Waals surface area contributed by atoms with Gasteiger partial charge < -0.3 is 4.90 Å². The number of rotatable bonds is 1. The lowest BCUT2D eigenvalue weighted by Gasteiger charge is -2.56. The van der Waals surface area contributed by atoms with Crippen LogP contribution in [0.1, 0.15) is 52.9 Å². The number of allylic oxidation sites excluding steroid dienone is 1. The molecule has 0 radical (unpaired) electrons. The van der Waals surface area contributed by atoms with Crippen LogP contribution < -0.4 is 0 Å². The molecule has 1 saturated heterocycles. The summed E-state index contributed by atoms with van der Waals surface area (Å²) in [5, 5.41) is 0. The van der Waals surface area contributed by atoms with E-state index in [9.17, 15) is 4.79 Å².